The lowest BCUT2D eigenvalue weighted by molar-refractivity contribution is 0.876. The molecule has 0 radical (unpaired) electrons. The molecule has 2 aromatic rings. The third-order valence-corrected chi connectivity index (χ3v) is 1.39. The Labute approximate surface area is 89.6 Å². The predicted molar refractivity (Wildman–Crippen MR) is 54.1 cm³/mol. The molecule has 5 nitrogen and oxygen atoms in total. The second kappa shape index (κ2) is 3.21. The van der Waals surface area contributed by atoms with Gasteiger partial charge in [-0.25, -0.2) is 9.97 Å². The first-order valence-corrected chi connectivity index (χ1v) is 2.96. The molecular weight excluding hydrogens is 269 g/mol. The first kappa shape index (κ1) is 5.68. The Kier molecular flexibility index (Phi) is 1.52. The summed E-state index contributed by atoms with van der Waals surface area (Å²) in [4.78, 5) is 10.1. The van der Waals surface area contributed by atoms with Crippen LogP contribution < -0.4 is 5.49 Å². The molecule has 6 heteroatoms. The van der Waals surface area contributed by atoms with Gasteiger partial charge in [0.2, 0.25) is 0 Å². The van der Waals surface area contributed by atoms with Gasteiger partial charge in [0.25, 0.3) is 0 Å². The van der Waals surface area contributed by atoms with E-state index < -0.39 is 6.98 Å². The molecule has 64 valence electrons. The van der Waals surface area contributed by atoms with Crippen LogP contribution in [0.25, 0.3) is 11.2 Å². The van der Waals surface area contributed by atoms with Crippen LogP contribution in [0.1, 0.15) is 4.11 Å². The Morgan fingerprint density at radius 3 is 3.25 bits per heavy atom. The molecule has 2 N–H and O–H groups in total. The summed E-state index contributed by atoms with van der Waals surface area (Å²) in [6.45, 7) is -2.33. The molecule has 0 aliphatic heterocycles. The number of aromatic nitrogens is 4. The monoisotopic (exact) mass is 280 g/mol. The van der Waals surface area contributed by atoms with E-state index in [9.17, 15) is 0 Å². The van der Waals surface area contributed by atoms with E-state index in [4.69, 9.17) is 9.52 Å². The van der Waals surface area contributed by atoms with Gasteiger partial charge < -0.3 is 9.55 Å². The van der Waals surface area contributed by atoms with Gasteiger partial charge in [0.15, 0.2) is 11.1 Å². The second-order valence-corrected chi connectivity index (χ2v) is 2.06. The number of rotatable bonds is 0. The predicted octanol–water partition coefficient (Wildman–Crippen LogP) is 0.394. The highest BCUT2D eigenvalue weighted by atomic mass is 127. The van der Waals surface area contributed by atoms with E-state index in [0.717, 1.165) is 10.9 Å². The van der Waals surface area contributed by atoms with Crippen LogP contribution in [0.15, 0.2) is 12.7 Å². The molecule has 0 bridgehead atoms. The van der Waals surface area contributed by atoms with Crippen LogP contribution in [0, 0.1) is 5.41 Å². The van der Waals surface area contributed by atoms with E-state index in [0.29, 0.717) is 5.52 Å². The van der Waals surface area contributed by atoms with Crippen molar-refractivity contribution in [3.8, 4) is 0 Å². The Bertz CT molecular complexity index is 527. The minimum Gasteiger partial charge on any atom is -0.340 e. The minimum atomic E-state index is -2.33. The maximum Gasteiger partial charge on any atom is 0.173 e. The quantitative estimate of drug-likeness (QED) is 0.685. The van der Waals surface area contributed by atoms with Crippen LogP contribution in [0.5, 0.6) is 0 Å². The van der Waals surface area contributed by atoms with Gasteiger partial charge in [-0.2, -0.15) is 0 Å². The van der Waals surface area contributed by atoms with Gasteiger partial charge in [0.05, 0.1) is 12.7 Å². The summed E-state index contributed by atoms with van der Waals surface area (Å²) in [6, 6.07) is 0. The molecule has 0 unspecified atom stereocenters. The molecule has 12 heavy (non-hydrogen) atoms. The normalized spacial score (nSPS) is 14.5. The van der Waals surface area contributed by atoms with Gasteiger partial charge >= 0.3 is 0 Å². The Balaban J connectivity index is 0.00000112. The maximum absolute atomic E-state index is 7.40. The highest BCUT2D eigenvalue weighted by molar-refractivity contribution is 14.0. The highest BCUT2D eigenvalue weighted by Gasteiger charge is 1.99. The average Bonchev–Trinajstić information content (AvgIpc) is 2.50. The minimum absolute atomic E-state index is 0. The number of hydrogen-bond donors (Lipinski definition) is 2. The van der Waals surface area contributed by atoms with E-state index in [2.05, 4.69) is 15.0 Å². The zero-order valence-corrected chi connectivity index (χ0v) is 8.23. The molecule has 0 aliphatic carbocycles. The van der Waals surface area contributed by atoms with Crippen molar-refractivity contribution in [2.24, 2.45) is 6.98 Å². The first-order chi connectivity index (χ1) is 6.50. The zero-order valence-electron chi connectivity index (χ0n) is 8.90. The number of nitrogens with zero attached hydrogens (tertiary/aromatic N) is 3. The molecule has 0 spiro atoms. The maximum atomic E-state index is 7.40. The van der Waals surface area contributed by atoms with E-state index in [1.54, 1.807) is 0 Å². The SMILES string of the molecule is I.[2H]C([2H])([2H])n1cnc(=N)c2[nH]cnc21. The van der Waals surface area contributed by atoms with Gasteiger partial charge in [0.1, 0.15) is 5.52 Å². The second-order valence-electron chi connectivity index (χ2n) is 2.06. The third kappa shape index (κ3) is 1.22. The smallest absolute Gasteiger partial charge is 0.173 e. The number of fused-ring (bicyclic) bond motifs is 1. The van der Waals surface area contributed by atoms with Gasteiger partial charge in [0, 0.05) is 11.1 Å². The van der Waals surface area contributed by atoms with E-state index in [1.807, 2.05) is 0 Å². The van der Waals surface area contributed by atoms with Gasteiger partial charge in [-0.15, -0.1) is 24.0 Å². The number of nitrogens with one attached hydrogen (secondary N) is 2. The number of H-pyrrole nitrogens is 1. The molecule has 2 rings (SSSR count). The molecule has 2 heterocycles. The van der Waals surface area contributed by atoms with Crippen LogP contribution in [0.4, 0.5) is 0 Å². The summed E-state index contributed by atoms with van der Waals surface area (Å²) < 4.78 is 22.6. The fraction of sp³-hybridized carbons (Fsp3) is 0.167. The highest BCUT2D eigenvalue weighted by Crippen LogP contribution is 1.98. The van der Waals surface area contributed by atoms with Crippen molar-refractivity contribution in [1.29, 1.82) is 5.41 Å². The van der Waals surface area contributed by atoms with Crippen molar-refractivity contribution in [2.75, 3.05) is 0 Å². The molecule has 0 aliphatic rings. The van der Waals surface area contributed by atoms with Crippen LogP contribution in [-0.2, 0) is 6.98 Å². The standard InChI is InChI=1S/C6H7N5.HI/c1-11-3-10-5(7)4-6(11)9-2-8-4;/h2-3,7H,1H3,(H,8,9);1H/i1D3;. The summed E-state index contributed by atoms with van der Waals surface area (Å²) in [5.41, 5.74) is 0.520. The molecule has 0 atom stereocenters. The summed E-state index contributed by atoms with van der Waals surface area (Å²) in [5.74, 6) is 0. The van der Waals surface area contributed by atoms with Gasteiger partial charge in [-0.05, 0) is 0 Å². The number of aryl methyl sites for hydroxylation is 1. The molecule has 2 aromatic heterocycles. The van der Waals surface area contributed by atoms with Gasteiger partial charge in [-0.3, -0.25) is 5.41 Å². The summed E-state index contributed by atoms with van der Waals surface area (Å²) in [7, 11) is 0. The molecular formula is C6H8IN5. The van der Waals surface area contributed by atoms with Crippen LogP contribution in [-0.4, -0.2) is 19.5 Å². The molecule has 0 aromatic carbocycles. The lowest BCUT2D eigenvalue weighted by Gasteiger charge is -1.95. The molecule has 0 amide bonds. The lowest BCUT2D eigenvalue weighted by atomic mass is 10.5. The van der Waals surface area contributed by atoms with Crippen molar-refractivity contribution in [3.63, 3.8) is 0 Å². The fourth-order valence-electron chi connectivity index (χ4n) is 0.879. The number of hydrogen-bond acceptors (Lipinski definition) is 3. The number of imidazole rings is 1. The van der Waals surface area contributed by atoms with E-state index >= 15 is 0 Å². The summed E-state index contributed by atoms with van der Waals surface area (Å²) >= 11 is 0. The Morgan fingerprint density at radius 2 is 2.50 bits per heavy atom. The van der Waals surface area contributed by atoms with Crippen molar-refractivity contribution in [1.82, 2.24) is 19.5 Å². The lowest BCUT2D eigenvalue weighted by Crippen LogP contribution is -2.10. The van der Waals surface area contributed by atoms with Crippen molar-refractivity contribution in [3.05, 3.63) is 18.1 Å². The first-order valence-electron chi connectivity index (χ1n) is 4.46. The fourth-order valence-corrected chi connectivity index (χ4v) is 0.879. The molecule has 0 fully saturated rings. The van der Waals surface area contributed by atoms with E-state index in [1.165, 1.54) is 6.33 Å². The van der Waals surface area contributed by atoms with Crippen LogP contribution in [0.2, 0.25) is 0 Å². The van der Waals surface area contributed by atoms with Crippen LogP contribution in [0.3, 0.4) is 0 Å². The zero-order chi connectivity index (χ0) is 10.3. The van der Waals surface area contributed by atoms with Crippen molar-refractivity contribution in [2.45, 2.75) is 0 Å². The van der Waals surface area contributed by atoms with Crippen LogP contribution >= 0.6 is 24.0 Å². The van der Waals surface area contributed by atoms with Gasteiger partial charge in [-0.1, -0.05) is 0 Å². The molecule has 0 saturated heterocycles. The molecule has 0 saturated carbocycles. The Hall–Kier alpha value is -0.920. The van der Waals surface area contributed by atoms with Crippen molar-refractivity contribution < 1.29 is 4.11 Å². The summed E-state index contributed by atoms with van der Waals surface area (Å²) in [5, 5.41) is 7.40. The Morgan fingerprint density at radius 1 is 1.67 bits per heavy atom. The van der Waals surface area contributed by atoms with Crippen molar-refractivity contribution >= 4 is 35.1 Å². The number of aromatic amines is 1. The third-order valence-electron chi connectivity index (χ3n) is 1.39. The summed E-state index contributed by atoms with van der Waals surface area (Å²) in [6.07, 6.45) is 2.44. The van der Waals surface area contributed by atoms with E-state index in [-0.39, 0.29) is 35.1 Å². The average molecular weight is 280 g/mol. The largest absolute Gasteiger partial charge is 0.340 e. The topological polar surface area (TPSA) is 70.3 Å². The number of halogens is 1.